The number of carbonyl (C=O) groups excluding carboxylic acids is 3. The lowest BCUT2D eigenvalue weighted by Gasteiger charge is -2.08. The Bertz CT molecular complexity index is 586. The van der Waals surface area contributed by atoms with Gasteiger partial charge in [-0.15, -0.1) is 0 Å². The van der Waals surface area contributed by atoms with Crippen molar-refractivity contribution < 1.29 is 28.6 Å². The molecule has 0 aliphatic carbocycles. The van der Waals surface area contributed by atoms with Crippen LogP contribution < -0.4 is 4.74 Å². The van der Waals surface area contributed by atoms with Gasteiger partial charge in [-0.05, 0) is 45.0 Å². The molecule has 0 unspecified atom stereocenters. The normalized spacial score (nSPS) is 10.1. The minimum absolute atomic E-state index is 0.0733. The first kappa shape index (κ1) is 18.4. The Morgan fingerprint density at radius 1 is 1.13 bits per heavy atom. The number of hydrogen-bond donors (Lipinski definition) is 0. The van der Waals surface area contributed by atoms with E-state index in [9.17, 15) is 14.4 Å². The highest BCUT2D eigenvalue weighted by Crippen LogP contribution is 2.14. The second kappa shape index (κ2) is 8.73. The molecule has 6 heteroatoms. The second-order valence-electron chi connectivity index (χ2n) is 5.12. The molecule has 0 radical (unpaired) electrons. The van der Waals surface area contributed by atoms with Crippen LogP contribution in [0.4, 0.5) is 0 Å². The van der Waals surface area contributed by atoms with Gasteiger partial charge < -0.3 is 14.2 Å². The highest BCUT2D eigenvalue weighted by molar-refractivity contribution is 5.89. The fourth-order valence-electron chi connectivity index (χ4n) is 1.47. The minimum Gasteiger partial charge on any atom is -0.462 e. The van der Waals surface area contributed by atoms with Crippen LogP contribution in [0.1, 0.15) is 37.6 Å². The summed E-state index contributed by atoms with van der Waals surface area (Å²) in [5.74, 6) is -1.24. The van der Waals surface area contributed by atoms with Crippen LogP contribution in [0, 0.1) is 0 Å². The van der Waals surface area contributed by atoms with E-state index in [1.165, 1.54) is 31.2 Å². The number of hydrogen-bond acceptors (Lipinski definition) is 6. The van der Waals surface area contributed by atoms with Crippen LogP contribution in [0.3, 0.4) is 0 Å². The summed E-state index contributed by atoms with van der Waals surface area (Å²) in [4.78, 5) is 34.4. The molecule has 0 saturated carbocycles. The van der Waals surface area contributed by atoms with Gasteiger partial charge in [0.25, 0.3) is 0 Å². The minimum atomic E-state index is -0.550. The molecule has 0 fully saturated rings. The maximum absolute atomic E-state index is 11.7. The molecule has 1 rings (SSSR count). The molecule has 0 heterocycles. The third-order valence-corrected chi connectivity index (χ3v) is 2.55. The van der Waals surface area contributed by atoms with Gasteiger partial charge in [-0.1, -0.05) is 6.58 Å². The van der Waals surface area contributed by atoms with Crippen molar-refractivity contribution in [3.05, 3.63) is 42.0 Å². The predicted molar refractivity (Wildman–Crippen MR) is 83.0 cm³/mol. The average Bonchev–Trinajstić information content (AvgIpc) is 2.46. The van der Waals surface area contributed by atoms with Gasteiger partial charge >= 0.3 is 17.9 Å². The van der Waals surface area contributed by atoms with Gasteiger partial charge in [0.15, 0.2) is 0 Å². The van der Waals surface area contributed by atoms with Crippen LogP contribution >= 0.6 is 0 Å². The Labute approximate surface area is 135 Å². The van der Waals surface area contributed by atoms with Gasteiger partial charge in [-0.25, -0.2) is 9.59 Å². The lowest BCUT2D eigenvalue weighted by Crippen LogP contribution is -2.14. The number of rotatable bonds is 7. The van der Waals surface area contributed by atoms with Gasteiger partial charge in [0, 0.05) is 5.57 Å². The summed E-state index contributed by atoms with van der Waals surface area (Å²) in [6.45, 7) is 8.39. The number of esters is 3. The lowest BCUT2D eigenvalue weighted by atomic mass is 10.2. The van der Waals surface area contributed by atoms with Crippen LogP contribution in [0.2, 0.25) is 0 Å². The van der Waals surface area contributed by atoms with E-state index in [4.69, 9.17) is 14.2 Å². The maximum Gasteiger partial charge on any atom is 0.338 e. The van der Waals surface area contributed by atoms with Gasteiger partial charge in [0.2, 0.25) is 0 Å². The molecule has 0 saturated heterocycles. The van der Waals surface area contributed by atoms with Crippen LogP contribution in [-0.4, -0.2) is 30.6 Å². The molecule has 0 bridgehead atoms. The van der Waals surface area contributed by atoms with Crippen LogP contribution in [0.25, 0.3) is 0 Å². The molecule has 1 aromatic carbocycles. The summed E-state index contributed by atoms with van der Waals surface area (Å²) in [7, 11) is 0. The van der Waals surface area contributed by atoms with Crippen molar-refractivity contribution >= 4 is 17.9 Å². The van der Waals surface area contributed by atoms with Gasteiger partial charge in [0.1, 0.15) is 12.4 Å². The summed E-state index contributed by atoms with van der Waals surface area (Å²) in [6, 6.07) is 6.01. The average molecular weight is 320 g/mol. The van der Waals surface area contributed by atoms with Crippen LogP contribution in [0.15, 0.2) is 36.4 Å². The van der Waals surface area contributed by atoms with E-state index in [-0.39, 0.29) is 24.7 Å². The maximum atomic E-state index is 11.7. The van der Waals surface area contributed by atoms with E-state index in [2.05, 4.69) is 6.58 Å². The highest BCUT2D eigenvalue weighted by Gasteiger charge is 2.11. The molecule has 0 aliphatic rings. The molecule has 23 heavy (non-hydrogen) atoms. The second-order valence-corrected chi connectivity index (χ2v) is 5.12. The fourth-order valence-corrected chi connectivity index (χ4v) is 1.47. The first-order valence-electron chi connectivity index (χ1n) is 7.14. The van der Waals surface area contributed by atoms with E-state index >= 15 is 0 Å². The van der Waals surface area contributed by atoms with E-state index in [0.717, 1.165) is 0 Å². The molecular formula is C17H20O6. The summed E-state index contributed by atoms with van der Waals surface area (Å²) in [5, 5.41) is 0. The smallest absolute Gasteiger partial charge is 0.338 e. The third-order valence-electron chi connectivity index (χ3n) is 2.55. The van der Waals surface area contributed by atoms with Crippen molar-refractivity contribution in [1.29, 1.82) is 0 Å². The Morgan fingerprint density at radius 3 is 2.26 bits per heavy atom. The molecule has 0 aromatic heterocycles. The molecular weight excluding hydrogens is 300 g/mol. The fraction of sp³-hybridized carbons (Fsp3) is 0.353. The summed E-state index contributed by atoms with van der Waals surface area (Å²) < 4.78 is 14.9. The third kappa shape index (κ3) is 6.78. The van der Waals surface area contributed by atoms with Gasteiger partial charge in [-0.2, -0.15) is 0 Å². The molecule has 0 atom stereocenters. The first-order chi connectivity index (χ1) is 10.8. The molecule has 124 valence electrons. The van der Waals surface area contributed by atoms with Crippen molar-refractivity contribution in [2.45, 2.75) is 33.3 Å². The SMILES string of the molecule is C=C(C)C(=O)OCCC(=O)Oc1ccc(C(=O)OC(C)C)cc1. The Hall–Kier alpha value is -2.63. The van der Waals surface area contributed by atoms with E-state index in [1.54, 1.807) is 13.8 Å². The standard InChI is InChI=1S/C17H20O6/c1-11(2)16(19)21-10-9-15(18)23-14-7-5-13(6-8-14)17(20)22-12(3)4/h5-8,12H,1,9-10H2,2-4H3. The van der Waals surface area contributed by atoms with Crippen molar-refractivity contribution in [2.24, 2.45) is 0 Å². The van der Waals surface area contributed by atoms with Crippen molar-refractivity contribution in [3.63, 3.8) is 0 Å². The van der Waals surface area contributed by atoms with Crippen molar-refractivity contribution in [1.82, 2.24) is 0 Å². The van der Waals surface area contributed by atoms with Crippen molar-refractivity contribution in [2.75, 3.05) is 6.61 Å². The Morgan fingerprint density at radius 2 is 1.74 bits per heavy atom. The molecule has 0 amide bonds. The molecule has 0 N–H and O–H groups in total. The zero-order chi connectivity index (χ0) is 17.4. The van der Waals surface area contributed by atoms with Gasteiger partial charge in [-0.3, -0.25) is 4.79 Å². The molecule has 0 spiro atoms. The van der Waals surface area contributed by atoms with E-state index in [1.807, 2.05) is 0 Å². The molecule has 6 nitrogen and oxygen atoms in total. The monoisotopic (exact) mass is 320 g/mol. The number of ether oxygens (including phenoxy) is 3. The van der Waals surface area contributed by atoms with Crippen LogP contribution in [0.5, 0.6) is 5.75 Å². The number of benzene rings is 1. The van der Waals surface area contributed by atoms with Crippen LogP contribution in [-0.2, 0) is 19.1 Å². The zero-order valence-electron chi connectivity index (χ0n) is 13.5. The van der Waals surface area contributed by atoms with E-state index in [0.29, 0.717) is 11.3 Å². The zero-order valence-corrected chi connectivity index (χ0v) is 13.5. The number of carbonyl (C=O) groups is 3. The molecule has 1 aromatic rings. The quantitative estimate of drug-likeness (QED) is 0.436. The topological polar surface area (TPSA) is 78.9 Å². The van der Waals surface area contributed by atoms with Gasteiger partial charge in [0.05, 0.1) is 18.1 Å². The van der Waals surface area contributed by atoms with E-state index < -0.39 is 17.9 Å². The first-order valence-corrected chi connectivity index (χ1v) is 7.14. The largest absolute Gasteiger partial charge is 0.462 e. The predicted octanol–water partition coefficient (Wildman–Crippen LogP) is 2.67. The lowest BCUT2D eigenvalue weighted by molar-refractivity contribution is -0.142. The summed E-state index contributed by atoms with van der Waals surface area (Å²) in [5.41, 5.74) is 0.635. The summed E-state index contributed by atoms with van der Waals surface area (Å²) in [6.07, 6.45) is -0.280. The highest BCUT2D eigenvalue weighted by atomic mass is 16.6. The Balaban J connectivity index is 2.45. The summed E-state index contributed by atoms with van der Waals surface area (Å²) >= 11 is 0. The Kier molecular flexibility index (Phi) is 6.99. The molecule has 0 aliphatic heterocycles. The van der Waals surface area contributed by atoms with Crippen molar-refractivity contribution in [3.8, 4) is 5.75 Å².